The second-order valence-electron chi connectivity index (χ2n) is 2.84. The van der Waals surface area contributed by atoms with Crippen LogP contribution in [0.1, 0.15) is 17.0 Å². The molecule has 1 aliphatic rings. The van der Waals surface area contributed by atoms with Gasteiger partial charge in [-0.3, -0.25) is 4.98 Å². The van der Waals surface area contributed by atoms with E-state index in [0.717, 1.165) is 18.8 Å². The molecule has 0 fully saturated rings. The molecule has 0 bridgehead atoms. The molecule has 2 heterocycles. The van der Waals surface area contributed by atoms with E-state index in [0.29, 0.717) is 0 Å². The summed E-state index contributed by atoms with van der Waals surface area (Å²) >= 11 is 2.33. The maximum absolute atomic E-state index is 4.46. The van der Waals surface area contributed by atoms with Crippen LogP contribution in [0.5, 0.6) is 0 Å². The smallest absolute Gasteiger partial charge is 0.0600 e. The molecule has 0 radical (unpaired) electrons. The zero-order valence-corrected chi connectivity index (χ0v) is 8.50. The van der Waals surface area contributed by atoms with Crippen LogP contribution in [0.2, 0.25) is 0 Å². The Bertz CT molecular complexity index is 285. The van der Waals surface area contributed by atoms with Crippen molar-refractivity contribution < 1.29 is 0 Å². The summed E-state index contributed by atoms with van der Waals surface area (Å²) in [6.07, 6.45) is 0. The largest absolute Gasteiger partial charge is 0.256 e. The molecule has 1 aliphatic heterocycles. The van der Waals surface area contributed by atoms with Crippen molar-refractivity contribution in [1.82, 2.24) is 8.10 Å². The van der Waals surface area contributed by atoms with Crippen LogP contribution in [0.3, 0.4) is 0 Å². The van der Waals surface area contributed by atoms with Gasteiger partial charge in [0.25, 0.3) is 0 Å². The van der Waals surface area contributed by atoms with E-state index in [1.165, 1.54) is 11.3 Å². The lowest BCUT2D eigenvalue weighted by atomic mass is 10.2. The fourth-order valence-electron chi connectivity index (χ4n) is 1.32. The molecule has 0 atom stereocenters. The summed E-state index contributed by atoms with van der Waals surface area (Å²) in [5, 5.41) is 0. The minimum atomic E-state index is 0.998. The van der Waals surface area contributed by atoms with Crippen LogP contribution in [0.4, 0.5) is 0 Å². The molecule has 58 valence electrons. The van der Waals surface area contributed by atoms with E-state index >= 15 is 0 Å². The zero-order chi connectivity index (χ0) is 7.84. The second kappa shape index (κ2) is 2.71. The number of hydrogen-bond donors (Lipinski definition) is 0. The van der Waals surface area contributed by atoms with Gasteiger partial charge in [-0.15, -0.1) is 0 Å². The molecule has 2 nitrogen and oxygen atoms in total. The number of hydrogen-bond acceptors (Lipinski definition) is 2. The van der Waals surface area contributed by atoms with Gasteiger partial charge in [-0.25, -0.2) is 3.11 Å². The maximum Gasteiger partial charge on any atom is 0.0600 e. The first kappa shape index (κ1) is 7.49. The number of aromatic nitrogens is 1. The lowest BCUT2D eigenvalue weighted by Crippen LogP contribution is -1.98. The Balaban J connectivity index is 2.43. The molecular weight excluding hydrogens is 251 g/mol. The van der Waals surface area contributed by atoms with E-state index in [-0.39, 0.29) is 0 Å². The molecule has 0 aromatic carbocycles. The van der Waals surface area contributed by atoms with Crippen LogP contribution in [0, 0.1) is 6.92 Å². The monoisotopic (exact) mass is 260 g/mol. The van der Waals surface area contributed by atoms with Crippen molar-refractivity contribution in [2.75, 3.05) is 0 Å². The molecule has 1 aromatic heterocycles. The SMILES string of the molecule is Cc1ccc2c(n1)CN(I)C2. The molecule has 0 unspecified atom stereocenters. The minimum Gasteiger partial charge on any atom is -0.256 e. The van der Waals surface area contributed by atoms with Crippen molar-refractivity contribution in [3.63, 3.8) is 0 Å². The Labute approximate surface area is 80.1 Å². The zero-order valence-electron chi connectivity index (χ0n) is 6.34. The van der Waals surface area contributed by atoms with E-state index in [9.17, 15) is 0 Å². The first-order valence-electron chi connectivity index (χ1n) is 3.62. The van der Waals surface area contributed by atoms with Crippen LogP contribution in [-0.2, 0) is 13.1 Å². The molecule has 0 spiro atoms. The van der Waals surface area contributed by atoms with Gasteiger partial charge in [-0.05, 0) is 18.6 Å². The van der Waals surface area contributed by atoms with Crippen molar-refractivity contribution in [2.24, 2.45) is 0 Å². The fourth-order valence-corrected chi connectivity index (χ4v) is 2.01. The normalized spacial score (nSPS) is 16.9. The highest BCUT2D eigenvalue weighted by molar-refractivity contribution is 14.1. The highest BCUT2D eigenvalue weighted by Gasteiger charge is 2.17. The number of aryl methyl sites for hydroxylation is 1. The summed E-state index contributed by atoms with van der Waals surface area (Å²) in [6.45, 7) is 4.08. The highest BCUT2D eigenvalue weighted by atomic mass is 127. The second-order valence-corrected chi connectivity index (χ2v) is 4.20. The third kappa shape index (κ3) is 1.39. The fraction of sp³-hybridized carbons (Fsp3) is 0.375. The van der Waals surface area contributed by atoms with E-state index < -0.39 is 0 Å². The number of rotatable bonds is 0. The number of halogens is 1. The van der Waals surface area contributed by atoms with Gasteiger partial charge in [0, 0.05) is 35.1 Å². The van der Waals surface area contributed by atoms with Crippen LogP contribution in [0.15, 0.2) is 12.1 Å². The van der Waals surface area contributed by atoms with Crippen LogP contribution < -0.4 is 0 Å². The van der Waals surface area contributed by atoms with Crippen molar-refractivity contribution in [3.8, 4) is 0 Å². The van der Waals surface area contributed by atoms with Crippen LogP contribution in [-0.4, -0.2) is 8.10 Å². The molecule has 0 aliphatic carbocycles. The van der Waals surface area contributed by atoms with Gasteiger partial charge in [0.15, 0.2) is 0 Å². The summed E-state index contributed by atoms with van der Waals surface area (Å²) in [6, 6.07) is 4.25. The van der Waals surface area contributed by atoms with E-state index in [2.05, 4.69) is 43.1 Å². The Morgan fingerprint density at radius 3 is 3.09 bits per heavy atom. The Kier molecular flexibility index (Phi) is 1.85. The molecule has 0 N–H and O–H groups in total. The van der Waals surface area contributed by atoms with Gasteiger partial charge in [0.1, 0.15) is 0 Å². The topological polar surface area (TPSA) is 16.1 Å². The van der Waals surface area contributed by atoms with Gasteiger partial charge < -0.3 is 0 Å². The summed E-state index contributed by atoms with van der Waals surface area (Å²) < 4.78 is 2.24. The van der Waals surface area contributed by atoms with Crippen LogP contribution >= 0.6 is 22.9 Å². The average molecular weight is 260 g/mol. The quantitative estimate of drug-likeness (QED) is 0.524. The third-order valence-corrected chi connectivity index (χ3v) is 2.55. The summed E-state index contributed by atoms with van der Waals surface area (Å²) in [7, 11) is 0. The third-order valence-electron chi connectivity index (χ3n) is 1.87. The number of nitrogens with zero attached hydrogens (tertiary/aromatic N) is 2. The standard InChI is InChI=1S/C8H9IN2/c1-6-2-3-7-4-11(9)5-8(7)10-6/h2-3H,4-5H2,1H3. The van der Waals surface area contributed by atoms with Crippen molar-refractivity contribution in [1.29, 1.82) is 0 Å². The highest BCUT2D eigenvalue weighted by Crippen LogP contribution is 2.23. The Morgan fingerprint density at radius 2 is 2.27 bits per heavy atom. The minimum absolute atomic E-state index is 0.998. The van der Waals surface area contributed by atoms with Crippen molar-refractivity contribution >= 4 is 22.9 Å². The molecule has 1 aromatic rings. The molecule has 2 rings (SSSR count). The molecular formula is C8H9IN2. The predicted octanol–water partition coefficient (Wildman–Crippen LogP) is 2.06. The van der Waals surface area contributed by atoms with Gasteiger partial charge in [-0.2, -0.15) is 0 Å². The lowest BCUT2D eigenvalue weighted by molar-refractivity contribution is 0.550. The van der Waals surface area contributed by atoms with Gasteiger partial charge >= 0.3 is 0 Å². The van der Waals surface area contributed by atoms with Gasteiger partial charge in [0.2, 0.25) is 0 Å². The summed E-state index contributed by atoms with van der Waals surface area (Å²) in [5.41, 5.74) is 3.75. The summed E-state index contributed by atoms with van der Waals surface area (Å²) in [5.74, 6) is 0. The predicted molar refractivity (Wildman–Crippen MR) is 52.2 cm³/mol. The van der Waals surface area contributed by atoms with E-state index in [1.807, 2.05) is 6.92 Å². The molecule has 3 heteroatoms. The Hall–Kier alpha value is -0.160. The first-order valence-corrected chi connectivity index (χ1v) is 4.58. The Morgan fingerprint density at radius 1 is 1.45 bits per heavy atom. The molecule has 11 heavy (non-hydrogen) atoms. The number of pyridine rings is 1. The van der Waals surface area contributed by atoms with E-state index in [4.69, 9.17) is 0 Å². The van der Waals surface area contributed by atoms with Crippen LogP contribution in [0.25, 0.3) is 0 Å². The van der Waals surface area contributed by atoms with Crippen molar-refractivity contribution in [3.05, 3.63) is 29.1 Å². The lowest BCUT2D eigenvalue weighted by Gasteiger charge is -1.98. The van der Waals surface area contributed by atoms with Gasteiger partial charge in [-0.1, -0.05) is 6.07 Å². The maximum atomic E-state index is 4.46. The summed E-state index contributed by atoms with van der Waals surface area (Å²) in [4.78, 5) is 4.46. The molecule has 0 amide bonds. The van der Waals surface area contributed by atoms with Gasteiger partial charge in [0.05, 0.1) is 12.2 Å². The average Bonchev–Trinajstić information content (AvgIpc) is 2.27. The van der Waals surface area contributed by atoms with E-state index in [1.54, 1.807) is 0 Å². The number of fused-ring (bicyclic) bond motifs is 1. The molecule has 0 saturated heterocycles. The molecule has 0 saturated carbocycles. The van der Waals surface area contributed by atoms with Crippen molar-refractivity contribution in [2.45, 2.75) is 20.0 Å². The first-order chi connectivity index (χ1) is 5.25.